The van der Waals surface area contributed by atoms with E-state index in [0.29, 0.717) is 6.54 Å². The number of nitrogens with two attached hydrogens (primary N) is 1. The Morgan fingerprint density at radius 3 is 2.46 bits per heavy atom. The number of para-hydroxylation sites is 1. The normalized spacial score (nSPS) is 18.8. The van der Waals surface area contributed by atoms with Crippen molar-refractivity contribution in [2.75, 3.05) is 18.6 Å². The molecule has 0 spiro atoms. The number of ether oxygens (including phenoxy) is 1. The maximum absolute atomic E-state index is 13.0. The number of nitrogens with zero attached hydrogens (tertiary/aromatic N) is 2. The Balaban J connectivity index is 1.85. The van der Waals surface area contributed by atoms with Crippen molar-refractivity contribution in [3.63, 3.8) is 0 Å². The molecule has 2 aromatic carbocycles. The molecule has 2 amide bonds. The van der Waals surface area contributed by atoms with Crippen LogP contribution in [0.3, 0.4) is 0 Å². The van der Waals surface area contributed by atoms with Crippen molar-refractivity contribution >= 4 is 11.7 Å². The number of rotatable bonds is 4. The van der Waals surface area contributed by atoms with Gasteiger partial charge in [-0.3, -0.25) is 4.90 Å². The largest absolute Gasteiger partial charge is 0.497 e. The highest BCUT2D eigenvalue weighted by Gasteiger charge is 2.39. The van der Waals surface area contributed by atoms with Crippen molar-refractivity contribution in [1.82, 2.24) is 4.90 Å². The first-order valence-corrected chi connectivity index (χ1v) is 8.08. The Bertz CT molecular complexity index is 730. The van der Waals surface area contributed by atoms with Crippen LogP contribution in [0, 0.1) is 6.92 Å². The third-order valence-corrected chi connectivity index (χ3v) is 4.60. The molecule has 2 N–H and O–H groups in total. The zero-order valence-corrected chi connectivity index (χ0v) is 14.3. The second-order valence-corrected chi connectivity index (χ2v) is 6.10. The third-order valence-electron chi connectivity index (χ3n) is 4.60. The van der Waals surface area contributed by atoms with E-state index in [1.54, 1.807) is 16.9 Å². The highest BCUT2D eigenvalue weighted by molar-refractivity contribution is 5.95. The molecule has 3 rings (SSSR count). The Hall–Kier alpha value is -2.53. The molecule has 5 nitrogen and oxygen atoms in total. The molecule has 24 heavy (non-hydrogen) atoms. The molecule has 1 fully saturated rings. The van der Waals surface area contributed by atoms with Gasteiger partial charge in [0.1, 0.15) is 11.9 Å². The predicted octanol–water partition coefficient (Wildman–Crippen LogP) is 3.29. The number of benzene rings is 2. The molecule has 0 aromatic heterocycles. The van der Waals surface area contributed by atoms with Gasteiger partial charge in [-0.05, 0) is 43.2 Å². The first kappa shape index (κ1) is 16.3. The van der Waals surface area contributed by atoms with Gasteiger partial charge in [0.15, 0.2) is 0 Å². The van der Waals surface area contributed by atoms with Gasteiger partial charge in [-0.2, -0.15) is 0 Å². The van der Waals surface area contributed by atoms with Gasteiger partial charge in [0, 0.05) is 5.69 Å². The van der Waals surface area contributed by atoms with Crippen molar-refractivity contribution in [2.45, 2.75) is 26.1 Å². The minimum absolute atomic E-state index is 0.0554. The lowest BCUT2D eigenvalue weighted by atomic mass is 10.1. The van der Waals surface area contributed by atoms with Gasteiger partial charge in [-0.15, -0.1) is 0 Å². The Morgan fingerprint density at radius 1 is 1.17 bits per heavy atom. The lowest BCUT2D eigenvalue weighted by molar-refractivity contribution is 0.184. The van der Waals surface area contributed by atoms with E-state index >= 15 is 0 Å². The van der Waals surface area contributed by atoms with Gasteiger partial charge in [0.2, 0.25) is 0 Å². The molecule has 0 radical (unpaired) electrons. The van der Waals surface area contributed by atoms with Gasteiger partial charge in [-0.25, -0.2) is 4.79 Å². The molecule has 0 aliphatic carbocycles. The predicted molar refractivity (Wildman–Crippen MR) is 95.1 cm³/mol. The van der Waals surface area contributed by atoms with E-state index in [9.17, 15) is 4.79 Å². The van der Waals surface area contributed by atoms with Crippen LogP contribution in [0.4, 0.5) is 10.5 Å². The van der Waals surface area contributed by atoms with Gasteiger partial charge < -0.3 is 15.4 Å². The van der Waals surface area contributed by atoms with E-state index in [1.165, 1.54) is 0 Å². The monoisotopic (exact) mass is 325 g/mol. The summed E-state index contributed by atoms with van der Waals surface area (Å²) in [5, 5.41) is 0. The number of hydrogen-bond donors (Lipinski definition) is 1. The molecule has 126 valence electrons. The molecule has 5 heteroatoms. The van der Waals surface area contributed by atoms with Crippen molar-refractivity contribution in [2.24, 2.45) is 5.73 Å². The van der Waals surface area contributed by atoms with Crippen LogP contribution < -0.4 is 15.4 Å². The highest BCUT2D eigenvalue weighted by Crippen LogP contribution is 2.31. The first-order valence-electron chi connectivity index (χ1n) is 8.08. The van der Waals surface area contributed by atoms with Crippen LogP contribution in [0.15, 0.2) is 48.5 Å². The average Bonchev–Trinajstić information content (AvgIpc) is 2.89. The Kier molecular flexibility index (Phi) is 4.44. The van der Waals surface area contributed by atoms with Crippen molar-refractivity contribution in [3.8, 4) is 5.75 Å². The second kappa shape index (κ2) is 6.53. The fourth-order valence-corrected chi connectivity index (χ4v) is 3.20. The van der Waals surface area contributed by atoms with E-state index in [4.69, 9.17) is 10.5 Å². The molecule has 2 atom stereocenters. The molecule has 0 bridgehead atoms. The van der Waals surface area contributed by atoms with E-state index in [1.807, 2.05) is 62.4 Å². The van der Waals surface area contributed by atoms with Crippen molar-refractivity contribution < 1.29 is 9.53 Å². The number of carbonyl (C=O) groups is 1. The van der Waals surface area contributed by atoms with E-state index < -0.39 is 0 Å². The number of urea groups is 1. The third kappa shape index (κ3) is 2.83. The van der Waals surface area contributed by atoms with Gasteiger partial charge >= 0.3 is 6.03 Å². The van der Waals surface area contributed by atoms with Crippen LogP contribution in [0.1, 0.15) is 24.1 Å². The SMILES string of the molecule is COc1ccc(C(C)N2C(=O)N(c3ccccc3C)CC2N)cc1. The number of anilines is 1. The maximum atomic E-state index is 13.0. The molecule has 1 aliphatic heterocycles. The van der Waals surface area contributed by atoms with Crippen LogP contribution in [0.25, 0.3) is 0 Å². The summed E-state index contributed by atoms with van der Waals surface area (Å²) >= 11 is 0. The summed E-state index contributed by atoms with van der Waals surface area (Å²) in [6.07, 6.45) is -0.339. The maximum Gasteiger partial charge on any atom is 0.326 e. The lowest BCUT2D eigenvalue weighted by Gasteiger charge is -2.28. The summed E-state index contributed by atoms with van der Waals surface area (Å²) in [6, 6.07) is 15.5. The summed E-state index contributed by atoms with van der Waals surface area (Å²) < 4.78 is 5.19. The molecule has 1 heterocycles. The molecule has 2 unspecified atom stereocenters. The minimum Gasteiger partial charge on any atom is -0.497 e. The summed E-state index contributed by atoms with van der Waals surface area (Å²) in [6.45, 7) is 4.49. The minimum atomic E-state index is -0.339. The Labute approximate surface area is 142 Å². The highest BCUT2D eigenvalue weighted by atomic mass is 16.5. The summed E-state index contributed by atoms with van der Waals surface area (Å²) in [5.74, 6) is 0.796. The first-order chi connectivity index (χ1) is 11.5. The summed E-state index contributed by atoms with van der Waals surface area (Å²) in [4.78, 5) is 16.5. The number of aryl methyl sites for hydroxylation is 1. The van der Waals surface area contributed by atoms with Gasteiger partial charge in [0.05, 0.1) is 19.7 Å². The van der Waals surface area contributed by atoms with Crippen molar-refractivity contribution in [3.05, 3.63) is 59.7 Å². The summed E-state index contributed by atoms with van der Waals surface area (Å²) in [7, 11) is 1.64. The lowest BCUT2D eigenvalue weighted by Crippen LogP contribution is -2.41. The molecule has 0 saturated carbocycles. The number of methoxy groups -OCH3 is 1. The molecule has 1 aliphatic rings. The number of carbonyl (C=O) groups excluding carboxylic acids is 1. The standard InChI is InChI=1S/C19H23N3O2/c1-13-6-4-5-7-17(13)21-12-18(20)22(19(21)23)14(2)15-8-10-16(24-3)11-9-15/h4-11,14,18H,12,20H2,1-3H3. The van der Waals surface area contributed by atoms with E-state index in [0.717, 1.165) is 22.6 Å². The molecular weight excluding hydrogens is 302 g/mol. The quantitative estimate of drug-likeness (QED) is 0.938. The van der Waals surface area contributed by atoms with Crippen molar-refractivity contribution in [1.29, 1.82) is 0 Å². The fraction of sp³-hybridized carbons (Fsp3) is 0.316. The van der Waals surface area contributed by atoms with Gasteiger partial charge in [0.25, 0.3) is 0 Å². The zero-order chi connectivity index (χ0) is 17.3. The topological polar surface area (TPSA) is 58.8 Å². The van der Waals surface area contributed by atoms with Crippen LogP contribution in [0.5, 0.6) is 5.75 Å². The second-order valence-electron chi connectivity index (χ2n) is 6.10. The molecule has 2 aromatic rings. The van der Waals surface area contributed by atoms with Crippen LogP contribution in [0.2, 0.25) is 0 Å². The smallest absolute Gasteiger partial charge is 0.326 e. The zero-order valence-electron chi connectivity index (χ0n) is 14.3. The van der Waals surface area contributed by atoms with Crippen LogP contribution in [-0.2, 0) is 0 Å². The molecule has 1 saturated heterocycles. The summed E-state index contributed by atoms with van der Waals surface area (Å²) in [5.41, 5.74) is 9.30. The van der Waals surface area contributed by atoms with Gasteiger partial charge in [-0.1, -0.05) is 30.3 Å². The fourth-order valence-electron chi connectivity index (χ4n) is 3.20. The van der Waals surface area contributed by atoms with E-state index in [-0.39, 0.29) is 18.2 Å². The van der Waals surface area contributed by atoms with Crippen LogP contribution in [-0.4, -0.2) is 30.8 Å². The Morgan fingerprint density at radius 2 is 1.83 bits per heavy atom. The average molecular weight is 325 g/mol. The molecular formula is C19H23N3O2. The number of amides is 2. The van der Waals surface area contributed by atoms with E-state index in [2.05, 4.69) is 0 Å². The van der Waals surface area contributed by atoms with Crippen LogP contribution >= 0.6 is 0 Å². The number of hydrogen-bond acceptors (Lipinski definition) is 3.